The molecular weight excluding hydrogens is 220 g/mol. The Balaban J connectivity index is 2.08. The molecule has 1 saturated carbocycles. The molecule has 2 unspecified atom stereocenters. The van der Waals surface area contributed by atoms with Gasteiger partial charge in [0.25, 0.3) is 0 Å². The lowest BCUT2D eigenvalue weighted by molar-refractivity contribution is 0.0948. The first-order chi connectivity index (χ1) is 8.36. The average molecular weight is 252 g/mol. The first-order valence-electron chi connectivity index (χ1n) is 7.85. The van der Waals surface area contributed by atoms with Gasteiger partial charge in [-0.05, 0) is 23.7 Å². The first kappa shape index (κ1) is 14.3. The predicted molar refractivity (Wildman–Crippen MR) is 78.8 cm³/mol. The van der Waals surface area contributed by atoms with E-state index < -0.39 is 0 Å². The number of hydrogen-bond donors (Lipinski definition) is 1. The van der Waals surface area contributed by atoms with Gasteiger partial charge < -0.3 is 5.32 Å². The minimum absolute atomic E-state index is 0.481. The lowest BCUT2D eigenvalue weighted by Crippen LogP contribution is -2.57. The Bertz CT molecular complexity index is 281. The van der Waals surface area contributed by atoms with Crippen LogP contribution in [-0.2, 0) is 0 Å². The van der Waals surface area contributed by atoms with Crippen molar-refractivity contribution in [3.63, 3.8) is 0 Å². The molecule has 18 heavy (non-hydrogen) atoms. The van der Waals surface area contributed by atoms with Gasteiger partial charge in [0, 0.05) is 31.2 Å². The van der Waals surface area contributed by atoms with Crippen molar-refractivity contribution in [3.8, 4) is 0 Å². The van der Waals surface area contributed by atoms with Crippen LogP contribution in [0.15, 0.2) is 0 Å². The summed E-state index contributed by atoms with van der Waals surface area (Å²) >= 11 is 0. The highest BCUT2D eigenvalue weighted by Gasteiger charge is 2.67. The molecule has 0 bridgehead atoms. The quantitative estimate of drug-likeness (QED) is 0.826. The number of piperazine rings is 1. The first-order valence-corrected chi connectivity index (χ1v) is 7.85. The molecule has 1 aliphatic carbocycles. The Hall–Kier alpha value is -0.0800. The summed E-state index contributed by atoms with van der Waals surface area (Å²) in [4.78, 5) is 2.83. The van der Waals surface area contributed by atoms with Crippen molar-refractivity contribution in [3.05, 3.63) is 0 Å². The van der Waals surface area contributed by atoms with Crippen LogP contribution >= 0.6 is 0 Å². The summed E-state index contributed by atoms with van der Waals surface area (Å²) in [5, 5.41) is 3.75. The van der Waals surface area contributed by atoms with Gasteiger partial charge in [0.05, 0.1) is 0 Å². The Morgan fingerprint density at radius 1 is 1.11 bits per heavy atom. The molecule has 0 amide bonds. The fourth-order valence-corrected chi connectivity index (χ4v) is 4.12. The van der Waals surface area contributed by atoms with E-state index >= 15 is 0 Å². The molecule has 0 spiro atoms. The highest BCUT2D eigenvalue weighted by Crippen LogP contribution is 2.65. The molecule has 2 nitrogen and oxygen atoms in total. The molecule has 1 saturated heterocycles. The zero-order valence-electron chi connectivity index (χ0n) is 13.2. The summed E-state index contributed by atoms with van der Waals surface area (Å²) in [6.07, 6.45) is 3.88. The maximum Gasteiger partial charge on any atom is 0.0222 e. The Morgan fingerprint density at radius 3 is 2.17 bits per heavy atom. The monoisotopic (exact) mass is 252 g/mol. The predicted octanol–water partition coefficient (Wildman–Crippen LogP) is 3.27. The van der Waals surface area contributed by atoms with Crippen molar-refractivity contribution in [1.82, 2.24) is 10.2 Å². The molecule has 0 aromatic rings. The summed E-state index contributed by atoms with van der Waals surface area (Å²) in [6, 6.07) is 2.23. The fourth-order valence-electron chi connectivity index (χ4n) is 4.12. The van der Waals surface area contributed by atoms with Gasteiger partial charge in [-0.2, -0.15) is 0 Å². The van der Waals surface area contributed by atoms with Crippen molar-refractivity contribution in [1.29, 1.82) is 0 Å². The lowest BCUT2D eigenvalue weighted by atomic mass is 10.0. The average Bonchev–Trinajstić information content (AvgIpc) is 2.70. The molecule has 0 radical (unpaired) electrons. The minimum Gasteiger partial charge on any atom is -0.311 e. The number of nitrogens with one attached hydrogen (secondary N) is 1. The van der Waals surface area contributed by atoms with Crippen molar-refractivity contribution in [2.45, 2.75) is 78.9 Å². The van der Waals surface area contributed by atoms with E-state index in [9.17, 15) is 0 Å². The summed E-state index contributed by atoms with van der Waals surface area (Å²) in [5.41, 5.74) is 0.961. The van der Waals surface area contributed by atoms with Crippen LogP contribution in [0.25, 0.3) is 0 Å². The van der Waals surface area contributed by atoms with Gasteiger partial charge >= 0.3 is 0 Å². The zero-order chi connectivity index (χ0) is 13.6. The summed E-state index contributed by atoms with van der Waals surface area (Å²) in [6.45, 7) is 16.9. The molecular formula is C16H32N2. The normalized spacial score (nSPS) is 35.7. The van der Waals surface area contributed by atoms with Crippen LogP contribution in [0.3, 0.4) is 0 Å². The van der Waals surface area contributed by atoms with E-state index in [0.717, 1.165) is 12.1 Å². The Morgan fingerprint density at radius 2 is 1.72 bits per heavy atom. The molecule has 2 atom stereocenters. The second-order valence-electron chi connectivity index (χ2n) is 7.50. The highest BCUT2D eigenvalue weighted by molar-refractivity contribution is 5.20. The largest absolute Gasteiger partial charge is 0.311 e. The minimum atomic E-state index is 0.481. The number of rotatable bonds is 4. The maximum absolute atomic E-state index is 3.75. The second kappa shape index (κ2) is 4.79. The molecule has 0 aromatic heterocycles. The molecule has 1 heterocycles. The highest BCUT2D eigenvalue weighted by atomic mass is 15.3. The van der Waals surface area contributed by atoms with Crippen molar-refractivity contribution < 1.29 is 0 Å². The Kier molecular flexibility index (Phi) is 3.81. The summed E-state index contributed by atoms with van der Waals surface area (Å²) < 4.78 is 0. The van der Waals surface area contributed by atoms with Gasteiger partial charge in [-0.15, -0.1) is 0 Å². The third-order valence-electron chi connectivity index (χ3n) is 5.93. The molecule has 2 aliphatic rings. The van der Waals surface area contributed by atoms with Gasteiger partial charge in [-0.1, -0.05) is 48.0 Å². The van der Waals surface area contributed by atoms with Crippen molar-refractivity contribution in [2.24, 2.45) is 10.8 Å². The molecule has 106 valence electrons. The van der Waals surface area contributed by atoms with Crippen molar-refractivity contribution >= 4 is 0 Å². The van der Waals surface area contributed by atoms with E-state index in [1.54, 1.807) is 0 Å². The molecule has 0 aromatic carbocycles. The van der Waals surface area contributed by atoms with Crippen LogP contribution in [0.4, 0.5) is 0 Å². The van der Waals surface area contributed by atoms with Crippen LogP contribution in [0, 0.1) is 10.8 Å². The summed E-state index contributed by atoms with van der Waals surface area (Å²) in [7, 11) is 0. The third-order valence-corrected chi connectivity index (χ3v) is 5.93. The van der Waals surface area contributed by atoms with E-state index in [0.29, 0.717) is 16.9 Å². The van der Waals surface area contributed by atoms with Crippen LogP contribution in [0.1, 0.15) is 60.8 Å². The van der Waals surface area contributed by atoms with E-state index in [4.69, 9.17) is 0 Å². The third kappa shape index (κ3) is 2.12. The fraction of sp³-hybridized carbons (Fsp3) is 1.00. The van der Waals surface area contributed by atoms with Crippen LogP contribution in [-0.4, -0.2) is 36.1 Å². The zero-order valence-corrected chi connectivity index (χ0v) is 13.2. The summed E-state index contributed by atoms with van der Waals surface area (Å²) in [5.74, 6) is 0. The van der Waals surface area contributed by atoms with Crippen LogP contribution < -0.4 is 5.32 Å². The molecule has 1 aliphatic heterocycles. The molecule has 2 fully saturated rings. The molecule has 2 heteroatoms. The van der Waals surface area contributed by atoms with E-state index in [-0.39, 0.29) is 0 Å². The van der Waals surface area contributed by atoms with E-state index in [1.807, 2.05) is 0 Å². The van der Waals surface area contributed by atoms with Gasteiger partial charge in [0.15, 0.2) is 0 Å². The molecule has 2 rings (SSSR count). The van der Waals surface area contributed by atoms with E-state index in [2.05, 4.69) is 51.8 Å². The van der Waals surface area contributed by atoms with Gasteiger partial charge in [0.2, 0.25) is 0 Å². The maximum atomic E-state index is 3.75. The standard InChI is InChI=1S/C16H32N2/c1-7-9-12-11-18(13(8-2)10-17-12)14-15(3,4)16(14,5)6/h12-14,17H,7-11H2,1-6H3. The van der Waals surface area contributed by atoms with E-state index in [1.165, 1.54) is 32.4 Å². The Labute approximate surface area is 114 Å². The smallest absolute Gasteiger partial charge is 0.0222 e. The number of nitrogens with zero attached hydrogens (tertiary/aromatic N) is 1. The van der Waals surface area contributed by atoms with Gasteiger partial charge in [-0.3, -0.25) is 4.90 Å². The van der Waals surface area contributed by atoms with Crippen LogP contribution in [0.2, 0.25) is 0 Å². The lowest BCUT2D eigenvalue weighted by Gasteiger charge is -2.41. The number of hydrogen-bond acceptors (Lipinski definition) is 2. The topological polar surface area (TPSA) is 15.3 Å². The molecule has 1 N–H and O–H groups in total. The van der Waals surface area contributed by atoms with Crippen molar-refractivity contribution in [2.75, 3.05) is 13.1 Å². The second-order valence-corrected chi connectivity index (χ2v) is 7.50. The SMILES string of the molecule is CCCC1CN(C2C(C)(C)C2(C)C)C(CC)CN1. The van der Waals surface area contributed by atoms with Gasteiger partial charge in [0.1, 0.15) is 0 Å². The van der Waals surface area contributed by atoms with Crippen LogP contribution in [0.5, 0.6) is 0 Å². The van der Waals surface area contributed by atoms with Gasteiger partial charge in [-0.25, -0.2) is 0 Å².